The molecule has 6 heteroatoms. The molecule has 0 spiro atoms. The van der Waals surface area contributed by atoms with Crippen molar-refractivity contribution in [3.63, 3.8) is 0 Å². The number of thioether (sulfide) groups is 1. The first kappa shape index (κ1) is 13.4. The Balaban J connectivity index is 2.59. The molecule has 1 aromatic heterocycles. The molecule has 0 N–H and O–H groups in total. The largest absolute Gasteiger partial charge is 0.468 e. The third kappa shape index (κ3) is 4.09. The van der Waals surface area contributed by atoms with E-state index in [1.165, 1.54) is 30.2 Å². The minimum atomic E-state index is -0.175. The van der Waals surface area contributed by atoms with Gasteiger partial charge in [-0.25, -0.2) is 0 Å². The number of hydrogen-bond acceptors (Lipinski definition) is 6. The maximum atomic E-state index is 11.5. The molecule has 0 radical (unpaired) electrons. The zero-order valence-corrected chi connectivity index (χ0v) is 11.4. The van der Waals surface area contributed by atoms with Crippen LogP contribution in [0.2, 0.25) is 0 Å². The first-order chi connectivity index (χ1) is 7.67. The zero-order valence-electron chi connectivity index (χ0n) is 9.73. The monoisotopic (exact) mass is 260 g/mol. The summed E-state index contributed by atoms with van der Waals surface area (Å²) in [5.74, 6) is -0.175. The maximum absolute atomic E-state index is 11.5. The van der Waals surface area contributed by atoms with Gasteiger partial charge in [0.15, 0.2) is 4.34 Å². The number of hydrogen-bond donors (Lipinski definition) is 0. The van der Waals surface area contributed by atoms with E-state index in [0.717, 1.165) is 28.6 Å². The predicted octanol–water partition coefficient (Wildman–Crippen LogP) is 2.67. The maximum Gasteiger partial charge on any atom is 0.319 e. The van der Waals surface area contributed by atoms with Crippen molar-refractivity contribution in [3.05, 3.63) is 5.01 Å². The fourth-order valence-corrected chi connectivity index (χ4v) is 3.32. The van der Waals surface area contributed by atoms with Crippen LogP contribution in [0, 0.1) is 6.92 Å². The molecule has 0 fully saturated rings. The van der Waals surface area contributed by atoms with E-state index in [9.17, 15) is 4.79 Å². The van der Waals surface area contributed by atoms with E-state index < -0.39 is 0 Å². The molecular formula is C10H16N2O2S2. The van der Waals surface area contributed by atoms with Crippen LogP contribution in [0.25, 0.3) is 0 Å². The van der Waals surface area contributed by atoms with Gasteiger partial charge in [0, 0.05) is 0 Å². The summed E-state index contributed by atoms with van der Waals surface area (Å²) in [7, 11) is 1.42. The third-order valence-corrected chi connectivity index (χ3v) is 4.20. The van der Waals surface area contributed by atoms with Gasteiger partial charge in [0.1, 0.15) is 10.3 Å². The Morgan fingerprint density at radius 3 is 2.81 bits per heavy atom. The zero-order chi connectivity index (χ0) is 12.0. The average Bonchev–Trinajstić information content (AvgIpc) is 2.69. The van der Waals surface area contributed by atoms with Crippen molar-refractivity contribution in [2.75, 3.05) is 7.11 Å². The smallest absolute Gasteiger partial charge is 0.319 e. The van der Waals surface area contributed by atoms with Crippen LogP contribution in [0.3, 0.4) is 0 Å². The Morgan fingerprint density at radius 1 is 1.56 bits per heavy atom. The van der Waals surface area contributed by atoms with Crippen LogP contribution in [0.1, 0.15) is 31.2 Å². The molecule has 16 heavy (non-hydrogen) atoms. The number of carbonyl (C=O) groups excluding carboxylic acids is 1. The van der Waals surface area contributed by atoms with Crippen LogP contribution >= 0.6 is 23.1 Å². The highest BCUT2D eigenvalue weighted by Gasteiger charge is 2.21. The quantitative estimate of drug-likeness (QED) is 0.581. The SMILES string of the molecule is CCCCC(Sc1nnc(C)s1)C(=O)OC. The lowest BCUT2D eigenvalue weighted by Gasteiger charge is -2.11. The van der Waals surface area contributed by atoms with E-state index in [0.29, 0.717) is 0 Å². The molecule has 90 valence electrons. The average molecular weight is 260 g/mol. The number of unbranched alkanes of at least 4 members (excludes halogenated alkanes) is 1. The van der Waals surface area contributed by atoms with Crippen molar-refractivity contribution in [2.45, 2.75) is 42.7 Å². The van der Waals surface area contributed by atoms with Gasteiger partial charge >= 0.3 is 5.97 Å². The molecule has 1 unspecified atom stereocenters. The lowest BCUT2D eigenvalue weighted by Crippen LogP contribution is -2.18. The van der Waals surface area contributed by atoms with E-state index in [1.54, 1.807) is 0 Å². The lowest BCUT2D eigenvalue weighted by molar-refractivity contribution is -0.140. The van der Waals surface area contributed by atoms with Crippen molar-refractivity contribution in [2.24, 2.45) is 0 Å². The van der Waals surface area contributed by atoms with Gasteiger partial charge in [-0.1, -0.05) is 42.9 Å². The molecule has 1 atom stereocenters. The van der Waals surface area contributed by atoms with Crippen LogP contribution in [0.15, 0.2) is 4.34 Å². The van der Waals surface area contributed by atoms with Gasteiger partial charge in [0.25, 0.3) is 0 Å². The predicted molar refractivity (Wildman–Crippen MR) is 65.8 cm³/mol. The first-order valence-electron chi connectivity index (χ1n) is 5.22. The highest BCUT2D eigenvalue weighted by atomic mass is 32.2. The number of esters is 1. The number of ether oxygens (including phenoxy) is 1. The summed E-state index contributed by atoms with van der Waals surface area (Å²) in [5, 5.41) is 8.70. The van der Waals surface area contributed by atoms with E-state index >= 15 is 0 Å². The van der Waals surface area contributed by atoms with Crippen molar-refractivity contribution in [1.82, 2.24) is 10.2 Å². The van der Waals surface area contributed by atoms with Gasteiger partial charge in [0.05, 0.1) is 7.11 Å². The minimum absolute atomic E-state index is 0.155. The molecule has 0 aliphatic heterocycles. The molecule has 4 nitrogen and oxygen atoms in total. The van der Waals surface area contributed by atoms with Gasteiger partial charge in [-0.15, -0.1) is 10.2 Å². The Labute approximate surface area is 104 Å². The van der Waals surface area contributed by atoms with Crippen LogP contribution in [0.5, 0.6) is 0 Å². The topological polar surface area (TPSA) is 52.1 Å². The summed E-state index contributed by atoms with van der Waals surface area (Å²) in [6.45, 7) is 4.01. The standard InChI is InChI=1S/C10H16N2O2S2/c1-4-5-6-8(9(13)14-3)16-10-12-11-7(2)15-10/h8H,4-6H2,1-3H3. The summed E-state index contributed by atoms with van der Waals surface area (Å²) in [6, 6.07) is 0. The van der Waals surface area contributed by atoms with Crippen molar-refractivity contribution in [3.8, 4) is 0 Å². The summed E-state index contributed by atoms with van der Waals surface area (Å²) in [5.41, 5.74) is 0. The molecular weight excluding hydrogens is 244 g/mol. The Hall–Kier alpha value is -0.620. The van der Waals surface area contributed by atoms with Gasteiger partial charge in [-0.2, -0.15) is 0 Å². The van der Waals surface area contributed by atoms with Gasteiger partial charge in [-0.05, 0) is 13.3 Å². The highest BCUT2D eigenvalue weighted by molar-refractivity contribution is 8.02. The Morgan fingerprint density at radius 2 is 2.31 bits per heavy atom. The van der Waals surface area contributed by atoms with Crippen molar-refractivity contribution >= 4 is 29.1 Å². The molecule has 0 aliphatic carbocycles. The summed E-state index contributed by atoms with van der Waals surface area (Å²) in [6.07, 6.45) is 2.92. The Kier molecular flexibility index (Phi) is 5.76. The van der Waals surface area contributed by atoms with Crippen LogP contribution in [-0.2, 0) is 9.53 Å². The lowest BCUT2D eigenvalue weighted by atomic mass is 10.2. The van der Waals surface area contributed by atoms with E-state index in [2.05, 4.69) is 17.1 Å². The number of carbonyl (C=O) groups is 1. The number of rotatable bonds is 6. The van der Waals surface area contributed by atoms with Crippen molar-refractivity contribution in [1.29, 1.82) is 0 Å². The second kappa shape index (κ2) is 6.85. The third-order valence-electron chi connectivity index (χ3n) is 2.03. The highest BCUT2D eigenvalue weighted by Crippen LogP contribution is 2.29. The second-order valence-corrected chi connectivity index (χ2v) is 5.99. The van der Waals surface area contributed by atoms with E-state index in [4.69, 9.17) is 4.74 Å². The van der Waals surface area contributed by atoms with E-state index in [-0.39, 0.29) is 11.2 Å². The minimum Gasteiger partial charge on any atom is -0.468 e. The van der Waals surface area contributed by atoms with Gasteiger partial charge < -0.3 is 4.74 Å². The summed E-state index contributed by atoms with van der Waals surface area (Å²) < 4.78 is 5.62. The fourth-order valence-electron chi connectivity index (χ4n) is 1.19. The summed E-state index contributed by atoms with van der Waals surface area (Å²) >= 11 is 2.96. The molecule has 1 heterocycles. The number of aryl methyl sites for hydroxylation is 1. The fraction of sp³-hybridized carbons (Fsp3) is 0.700. The van der Waals surface area contributed by atoms with Crippen LogP contribution in [0.4, 0.5) is 0 Å². The van der Waals surface area contributed by atoms with Crippen molar-refractivity contribution < 1.29 is 9.53 Å². The molecule has 0 saturated carbocycles. The normalized spacial score (nSPS) is 12.4. The molecule has 0 saturated heterocycles. The van der Waals surface area contributed by atoms with Gasteiger partial charge in [-0.3, -0.25) is 4.79 Å². The molecule has 0 amide bonds. The van der Waals surface area contributed by atoms with Crippen LogP contribution < -0.4 is 0 Å². The summed E-state index contributed by atoms with van der Waals surface area (Å²) in [4.78, 5) is 11.5. The molecule has 0 bridgehead atoms. The number of aromatic nitrogens is 2. The molecule has 1 aromatic rings. The molecule has 1 rings (SSSR count). The van der Waals surface area contributed by atoms with E-state index in [1.807, 2.05) is 6.92 Å². The van der Waals surface area contributed by atoms with Crippen LogP contribution in [-0.4, -0.2) is 28.5 Å². The molecule has 0 aliphatic rings. The first-order valence-corrected chi connectivity index (χ1v) is 6.91. The van der Waals surface area contributed by atoms with Gasteiger partial charge in [0.2, 0.25) is 0 Å². The number of methoxy groups -OCH3 is 1. The number of nitrogens with zero attached hydrogens (tertiary/aromatic N) is 2. The molecule has 0 aromatic carbocycles. The second-order valence-electron chi connectivity index (χ2n) is 3.36. The Bertz CT molecular complexity index is 341.